The van der Waals surface area contributed by atoms with Crippen molar-refractivity contribution < 1.29 is 9.90 Å². The molecule has 122 valence electrons. The second kappa shape index (κ2) is 7.09. The lowest BCUT2D eigenvalue weighted by atomic mass is 9.98. The van der Waals surface area contributed by atoms with Gasteiger partial charge in [-0.15, -0.1) is 0 Å². The molecule has 0 saturated carbocycles. The van der Waals surface area contributed by atoms with Crippen molar-refractivity contribution in [1.29, 1.82) is 0 Å². The summed E-state index contributed by atoms with van der Waals surface area (Å²) >= 11 is 0. The molecular formula is C17H21N3O3. The standard InChI is InChI=1S/C17H21N3O3/c1-17(2,9-8-16(22)23)19-14-10-15(21)20(18-11-14)12-13-6-4-3-5-7-13/h3-7,10-11,19H,8-9,12H2,1-2H3,(H,22,23). The Kier molecular flexibility index (Phi) is 5.16. The van der Waals surface area contributed by atoms with Crippen LogP contribution in [0, 0.1) is 0 Å². The van der Waals surface area contributed by atoms with E-state index in [1.165, 1.54) is 10.7 Å². The highest BCUT2D eigenvalue weighted by molar-refractivity contribution is 5.66. The van der Waals surface area contributed by atoms with Crippen LogP contribution in [-0.4, -0.2) is 26.4 Å². The highest BCUT2D eigenvalue weighted by Crippen LogP contribution is 2.18. The van der Waals surface area contributed by atoms with E-state index in [1.54, 1.807) is 6.20 Å². The normalized spacial score (nSPS) is 11.2. The predicted octanol–water partition coefficient (Wildman–Crippen LogP) is 2.35. The Balaban J connectivity index is 2.07. The van der Waals surface area contributed by atoms with Crippen LogP contribution >= 0.6 is 0 Å². The topological polar surface area (TPSA) is 84.2 Å². The zero-order chi connectivity index (χ0) is 16.9. The van der Waals surface area contributed by atoms with Gasteiger partial charge in [-0.2, -0.15) is 5.10 Å². The lowest BCUT2D eigenvalue weighted by Crippen LogP contribution is -2.33. The third kappa shape index (κ3) is 5.25. The molecule has 0 aliphatic carbocycles. The van der Waals surface area contributed by atoms with E-state index in [9.17, 15) is 9.59 Å². The highest BCUT2D eigenvalue weighted by atomic mass is 16.4. The molecule has 23 heavy (non-hydrogen) atoms. The number of carbonyl (C=O) groups is 1. The van der Waals surface area contributed by atoms with Crippen LogP contribution in [0.1, 0.15) is 32.3 Å². The molecule has 1 aromatic heterocycles. The minimum atomic E-state index is -0.837. The van der Waals surface area contributed by atoms with Gasteiger partial charge < -0.3 is 10.4 Å². The fourth-order valence-corrected chi connectivity index (χ4v) is 2.25. The zero-order valence-electron chi connectivity index (χ0n) is 13.3. The molecule has 0 radical (unpaired) electrons. The van der Waals surface area contributed by atoms with Crippen molar-refractivity contribution in [3.8, 4) is 0 Å². The average molecular weight is 315 g/mol. The second-order valence-corrected chi connectivity index (χ2v) is 6.13. The van der Waals surface area contributed by atoms with E-state index in [0.29, 0.717) is 18.7 Å². The lowest BCUT2D eigenvalue weighted by Gasteiger charge is -2.26. The number of anilines is 1. The molecule has 2 aromatic rings. The summed E-state index contributed by atoms with van der Waals surface area (Å²) in [6, 6.07) is 11.1. The van der Waals surface area contributed by atoms with E-state index >= 15 is 0 Å². The maximum Gasteiger partial charge on any atom is 0.303 e. The third-order valence-corrected chi connectivity index (χ3v) is 3.49. The zero-order valence-corrected chi connectivity index (χ0v) is 13.3. The molecule has 2 rings (SSSR count). The van der Waals surface area contributed by atoms with Crippen molar-refractivity contribution in [2.45, 2.75) is 38.8 Å². The second-order valence-electron chi connectivity index (χ2n) is 6.13. The highest BCUT2D eigenvalue weighted by Gasteiger charge is 2.19. The van der Waals surface area contributed by atoms with E-state index in [2.05, 4.69) is 10.4 Å². The van der Waals surface area contributed by atoms with Gasteiger partial charge >= 0.3 is 5.97 Å². The summed E-state index contributed by atoms with van der Waals surface area (Å²) in [5, 5.41) is 16.1. The molecule has 0 amide bonds. The van der Waals surface area contributed by atoms with Crippen molar-refractivity contribution in [2.24, 2.45) is 0 Å². The molecule has 0 aliphatic heterocycles. The number of aliphatic carboxylic acids is 1. The van der Waals surface area contributed by atoms with Crippen LogP contribution in [0.2, 0.25) is 0 Å². The van der Waals surface area contributed by atoms with Gasteiger partial charge in [0.2, 0.25) is 0 Å². The van der Waals surface area contributed by atoms with Gasteiger partial charge in [0, 0.05) is 18.0 Å². The van der Waals surface area contributed by atoms with Crippen molar-refractivity contribution >= 4 is 11.7 Å². The van der Waals surface area contributed by atoms with Gasteiger partial charge in [0.1, 0.15) is 0 Å². The molecule has 0 saturated heterocycles. The summed E-state index contributed by atoms with van der Waals surface area (Å²) in [6.45, 7) is 4.21. The van der Waals surface area contributed by atoms with Gasteiger partial charge in [0.05, 0.1) is 18.4 Å². The van der Waals surface area contributed by atoms with Gasteiger partial charge in [0.15, 0.2) is 0 Å². The molecule has 2 N–H and O–H groups in total. The van der Waals surface area contributed by atoms with Crippen LogP contribution in [0.5, 0.6) is 0 Å². The third-order valence-electron chi connectivity index (χ3n) is 3.49. The maximum atomic E-state index is 12.2. The first-order valence-electron chi connectivity index (χ1n) is 7.47. The average Bonchev–Trinajstić information content (AvgIpc) is 2.49. The Morgan fingerprint density at radius 2 is 2.00 bits per heavy atom. The number of nitrogens with one attached hydrogen (secondary N) is 1. The van der Waals surface area contributed by atoms with Crippen LogP contribution in [0.25, 0.3) is 0 Å². The molecule has 0 unspecified atom stereocenters. The number of carboxylic acids is 1. The first-order valence-corrected chi connectivity index (χ1v) is 7.47. The van der Waals surface area contributed by atoms with E-state index < -0.39 is 11.5 Å². The van der Waals surface area contributed by atoms with Crippen LogP contribution in [0.15, 0.2) is 47.4 Å². The number of benzene rings is 1. The number of rotatable bonds is 7. The molecular weight excluding hydrogens is 294 g/mol. The van der Waals surface area contributed by atoms with Gasteiger partial charge in [-0.25, -0.2) is 4.68 Å². The van der Waals surface area contributed by atoms with E-state index in [-0.39, 0.29) is 12.0 Å². The Hall–Kier alpha value is -2.63. The number of hydrogen-bond acceptors (Lipinski definition) is 4. The maximum absolute atomic E-state index is 12.2. The van der Waals surface area contributed by atoms with Gasteiger partial charge in [-0.05, 0) is 25.8 Å². The Morgan fingerprint density at radius 1 is 1.30 bits per heavy atom. The van der Waals surface area contributed by atoms with Gasteiger partial charge in [-0.3, -0.25) is 9.59 Å². The number of aromatic nitrogens is 2. The lowest BCUT2D eigenvalue weighted by molar-refractivity contribution is -0.137. The molecule has 0 spiro atoms. The molecule has 0 fully saturated rings. The van der Waals surface area contributed by atoms with E-state index in [1.807, 2.05) is 44.2 Å². The Labute approximate surface area is 134 Å². The van der Waals surface area contributed by atoms with E-state index in [4.69, 9.17) is 5.11 Å². The largest absolute Gasteiger partial charge is 0.481 e. The first kappa shape index (κ1) is 16.7. The van der Waals surface area contributed by atoms with Crippen LogP contribution in [-0.2, 0) is 11.3 Å². The smallest absolute Gasteiger partial charge is 0.303 e. The molecule has 1 aromatic carbocycles. The summed E-state index contributed by atoms with van der Waals surface area (Å²) in [5.74, 6) is -0.837. The van der Waals surface area contributed by atoms with Gasteiger partial charge in [-0.1, -0.05) is 30.3 Å². The number of nitrogens with zero attached hydrogens (tertiary/aromatic N) is 2. The molecule has 6 heteroatoms. The van der Waals surface area contributed by atoms with Crippen molar-refractivity contribution in [1.82, 2.24) is 9.78 Å². The van der Waals surface area contributed by atoms with Crippen molar-refractivity contribution in [2.75, 3.05) is 5.32 Å². The summed E-state index contributed by atoms with van der Waals surface area (Å²) in [4.78, 5) is 22.8. The minimum absolute atomic E-state index is 0.0680. The minimum Gasteiger partial charge on any atom is -0.481 e. The molecule has 6 nitrogen and oxygen atoms in total. The quantitative estimate of drug-likeness (QED) is 0.819. The number of hydrogen-bond donors (Lipinski definition) is 2. The molecule has 0 bridgehead atoms. The van der Waals surface area contributed by atoms with Gasteiger partial charge in [0.25, 0.3) is 5.56 Å². The Morgan fingerprint density at radius 3 is 2.61 bits per heavy atom. The monoisotopic (exact) mass is 315 g/mol. The predicted molar refractivity (Wildman–Crippen MR) is 88.6 cm³/mol. The van der Waals surface area contributed by atoms with E-state index in [0.717, 1.165) is 5.56 Å². The van der Waals surface area contributed by atoms with Crippen molar-refractivity contribution in [3.05, 3.63) is 58.5 Å². The molecule has 1 heterocycles. The summed E-state index contributed by atoms with van der Waals surface area (Å²) in [5.41, 5.74) is 0.963. The summed E-state index contributed by atoms with van der Waals surface area (Å²) < 4.78 is 1.39. The van der Waals surface area contributed by atoms with Crippen LogP contribution < -0.4 is 10.9 Å². The van der Waals surface area contributed by atoms with Crippen LogP contribution in [0.3, 0.4) is 0 Å². The summed E-state index contributed by atoms with van der Waals surface area (Å²) in [7, 11) is 0. The SMILES string of the molecule is CC(C)(CCC(=O)O)Nc1cnn(Cc2ccccc2)c(=O)c1. The fraction of sp³-hybridized carbons (Fsp3) is 0.353. The van der Waals surface area contributed by atoms with Crippen LogP contribution in [0.4, 0.5) is 5.69 Å². The number of carboxylic acid groups (broad SMARTS) is 1. The first-order chi connectivity index (χ1) is 10.9. The summed E-state index contributed by atoms with van der Waals surface area (Å²) in [6.07, 6.45) is 2.11. The van der Waals surface area contributed by atoms with Crippen molar-refractivity contribution in [3.63, 3.8) is 0 Å². The molecule has 0 aliphatic rings. The fourth-order valence-electron chi connectivity index (χ4n) is 2.25. The molecule has 0 atom stereocenters. The Bertz CT molecular complexity index is 723.